The first-order chi connectivity index (χ1) is 10.2. The lowest BCUT2D eigenvalue weighted by Crippen LogP contribution is -2.45. The van der Waals surface area contributed by atoms with Crippen LogP contribution in [0, 0.1) is 20.8 Å². The van der Waals surface area contributed by atoms with Crippen LogP contribution in [0.4, 0.5) is 0 Å². The Balaban J connectivity index is 2.90. The second-order valence-electron chi connectivity index (χ2n) is 5.72. The molecule has 6 heteroatoms. The van der Waals surface area contributed by atoms with Gasteiger partial charge in [-0.15, -0.1) is 0 Å². The lowest BCUT2D eigenvalue weighted by molar-refractivity contribution is -0.122. The summed E-state index contributed by atoms with van der Waals surface area (Å²) in [5.41, 5.74) is 2.38. The zero-order chi connectivity index (χ0) is 16.9. The minimum atomic E-state index is -3.72. The zero-order valence-electron chi connectivity index (χ0n) is 14.0. The van der Waals surface area contributed by atoms with E-state index in [1.807, 2.05) is 26.0 Å². The molecule has 0 aliphatic carbocycles. The topological polar surface area (TPSA) is 75.3 Å². The van der Waals surface area contributed by atoms with Gasteiger partial charge in [-0.3, -0.25) is 4.79 Å². The van der Waals surface area contributed by atoms with Crippen molar-refractivity contribution in [2.75, 3.05) is 6.54 Å². The summed E-state index contributed by atoms with van der Waals surface area (Å²) in [6.45, 7) is 9.59. The molecular formula is C16H26N2O3S. The number of hydrogen-bond donors (Lipinski definition) is 2. The molecule has 5 nitrogen and oxygen atoms in total. The van der Waals surface area contributed by atoms with Gasteiger partial charge in [-0.05, 0) is 45.2 Å². The van der Waals surface area contributed by atoms with Gasteiger partial charge in [-0.25, -0.2) is 8.42 Å². The molecule has 2 N–H and O–H groups in total. The quantitative estimate of drug-likeness (QED) is 0.754. The average Bonchev–Trinajstić information content (AvgIpc) is 2.36. The Morgan fingerprint density at radius 1 is 1.18 bits per heavy atom. The highest BCUT2D eigenvalue weighted by atomic mass is 32.2. The summed E-state index contributed by atoms with van der Waals surface area (Å²) in [6.07, 6.45) is 1.85. The van der Waals surface area contributed by atoms with Crippen LogP contribution in [0.15, 0.2) is 17.0 Å². The maximum absolute atomic E-state index is 12.5. The molecule has 0 saturated carbocycles. The van der Waals surface area contributed by atoms with E-state index in [9.17, 15) is 13.2 Å². The molecule has 124 valence electrons. The Morgan fingerprint density at radius 2 is 1.73 bits per heavy atom. The molecule has 0 heterocycles. The first-order valence-corrected chi connectivity index (χ1v) is 9.05. The van der Waals surface area contributed by atoms with Gasteiger partial charge in [0.1, 0.15) is 0 Å². The van der Waals surface area contributed by atoms with Crippen LogP contribution in [0.1, 0.15) is 43.4 Å². The van der Waals surface area contributed by atoms with Gasteiger partial charge in [0.2, 0.25) is 15.9 Å². The highest BCUT2D eigenvalue weighted by Crippen LogP contribution is 2.21. The Labute approximate surface area is 133 Å². The molecule has 0 saturated heterocycles. The number of sulfonamides is 1. The number of rotatable bonds is 7. The van der Waals surface area contributed by atoms with E-state index < -0.39 is 16.1 Å². The Kier molecular flexibility index (Phi) is 6.56. The summed E-state index contributed by atoms with van der Waals surface area (Å²) in [4.78, 5) is 12.2. The molecule has 22 heavy (non-hydrogen) atoms. The number of carbonyl (C=O) groups excluding carboxylic acids is 1. The van der Waals surface area contributed by atoms with Crippen molar-refractivity contribution in [3.63, 3.8) is 0 Å². The molecule has 0 aliphatic heterocycles. The maximum atomic E-state index is 12.5. The summed E-state index contributed by atoms with van der Waals surface area (Å²) in [6, 6.07) is 2.85. The third kappa shape index (κ3) is 4.81. The fourth-order valence-electron chi connectivity index (χ4n) is 2.48. The van der Waals surface area contributed by atoms with Crippen LogP contribution in [0.25, 0.3) is 0 Å². The summed E-state index contributed by atoms with van der Waals surface area (Å²) in [5.74, 6) is -0.306. The second kappa shape index (κ2) is 7.74. The van der Waals surface area contributed by atoms with Crippen LogP contribution >= 0.6 is 0 Å². The molecule has 1 aromatic carbocycles. The third-order valence-electron chi connectivity index (χ3n) is 3.43. The molecular weight excluding hydrogens is 300 g/mol. The molecule has 0 fully saturated rings. The lowest BCUT2D eigenvalue weighted by atomic mass is 10.1. The Bertz CT molecular complexity index is 616. The Morgan fingerprint density at radius 3 is 2.23 bits per heavy atom. The number of amides is 1. The fraction of sp³-hybridized carbons (Fsp3) is 0.562. The Hall–Kier alpha value is -1.40. The van der Waals surface area contributed by atoms with E-state index in [4.69, 9.17) is 0 Å². The van der Waals surface area contributed by atoms with Crippen molar-refractivity contribution in [3.8, 4) is 0 Å². The maximum Gasteiger partial charge on any atom is 0.241 e. The van der Waals surface area contributed by atoms with Crippen molar-refractivity contribution in [2.24, 2.45) is 0 Å². The van der Waals surface area contributed by atoms with Crippen LogP contribution in [0.5, 0.6) is 0 Å². The summed E-state index contributed by atoms with van der Waals surface area (Å²) >= 11 is 0. The lowest BCUT2D eigenvalue weighted by Gasteiger charge is -2.17. The molecule has 0 radical (unpaired) electrons. The van der Waals surface area contributed by atoms with E-state index in [0.717, 1.165) is 18.4 Å². The van der Waals surface area contributed by atoms with Crippen molar-refractivity contribution in [3.05, 3.63) is 28.8 Å². The second-order valence-corrected chi connectivity index (χ2v) is 7.37. The highest BCUT2D eigenvalue weighted by molar-refractivity contribution is 7.89. The minimum absolute atomic E-state index is 0.256. The smallest absolute Gasteiger partial charge is 0.241 e. The number of hydrogen-bond acceptors (Lipinski definition) is 3. The van der Waals surface area contributed by atoms with E-state index in [1.165, 1.54) is 0 Å². The van der Waals surface area contributed by atoms with Gasteiger partial charge >= 0.3 is 0 Å². The van der Waals surface area contributed by atoms with Crippen LogP contribution < -0.4 is 10.0 Å². The summed E-state index contributed by atoms with van der Waals surface area (Å²) in [5, 5.41) is 2.73. The predicted octanol–water partition coefficient (Wildman–Crippen LogP) is 2.19. The van der Waals surface area contributed by atoms with Crippen LogP contribution in [0.2, 0.25) is 0 Å². The SMILES string of the molecule is CCCCNC(=O)C(C)NS(=O)(=O)c1c(C)cc(C)cc1C. The van der Waals surface area contributed by atoms with Crippen LogP contribution in [-0.4, -0.2) is 26.9 Å². The molecule has 1 aromatic rings. The molecule has 0 bridgehead atoms. The van der Waals surface area contributed by atoms with E-state index >= 15 is 0 Å². The summed E-state index contributed by atoms with van der Waals surface area (Å²) in [7, 11) is -3.72. The van der Waals surface area contributed by atoms with E-state index in [-0.39, 0.29) is 10.8 Å². The van der Waals surface area contributed by atoms with Crippen molar-refractivity contribution in [1.82, 2.24) is 10.0 Å². The van der Waals surface area contributed by atoms with Crippen molar-refractivity contribution in [1.29, 1.82) is 0 Å². The van der Waals surface area contributed by atoms with Crippen molar-refractivity contribution in [2.45, 2.75) is 58.4 Å². The fourth-order valence-corrected chi connectivity index (χ4v) is 4.13. The van der Waals surface area contributed by atoms with Gasteiger partial charge in [-0.1, -0.05) is 31.0 Å². The molecule has 1 rings (SSSR count). The van der Waals surface area contributed by atoms with E-state index in [2.05, 4.69) is 10.0 Å². The third-order valence-corrected chi connectivity index (χ3v) is 5.27. The van der Waals surface area contributed by atoms with Gasteiger partial charge in [0.15, 0.2) is 0 Å². The average molecular weight is 326 g/mol. The largest absolute Gasteiger partial charge is 0.355 e. The molecule has 1 atom stereocenters. The van der Waals surface area contributed by atoms with E-state index in [1.54, 1.807) is 20.8 Å². The predicted molar refractivity (Wildman–Crippen MR) is 88.4 cm³/mol. The van der Waals surface area contributed by atoms with E-state index in [0.29, 0.717) is 17.7 Å². The normalized spacial score (nSPS) is 13.0. The first-order valence-electron chi connectivity index (χ1n) is 7.57. The molecule has 0 aliphatic rings. The number of carbonyl (C=O) groups is 1. The van der Waals surface area contributed by atoms with Crippen molar-refractivity contribution < 1.29 is 13.2 Å². The van der Waals surface area contributed by atoms with Gasteiger partial charge < -0.3 is 5.32 Å². The standard InChI is InChI=1S/C16H26N2O3S/c1-6-7-8-17-16(19)14(5)18-22(20,21)15-12(3)9-11(2)10-13(15)4/h9-10,14,18H,6-8H2,1-5H3,(H,17,19). The van der Waals surface area contributed by atoms with Gasteiger partial charge in [0.25, 0.3) is 0 Å². The molecule has 0 spiro atoms. The summed E-state index contributed by atoms with van der Waals surface area (Å²) < 4.78 is 27.5. The first kappa shape index (κ1) is 18.6. The van der Waals surface area contributed by atoms with Gasteiger partial charge in [0, 0.05) is 6.54 Å². The number of benzene rings is 1. The highest BCUT2D eigenvalue weighted by Gasteiger charge is 2.24. The van der Waals surface area contributed by atoms with Crippen LogP contribution in [-0.2, 0) is 14.8 Å². The molecule has 1 unspecified atom stereocenters. The molecule has 1 amide bonds. The number of unbranched alkanes of at least 4 members (excludes halogenated alkanes) is 1. The van der Waals surface area contributed by atoms with Crippen molar-refractivity contribution >= 4 is 15.9 Å². The monoisotopic (exact) mass is 326 g/mol. The number of nitrogens with one attached hydrogen (secondary N) is 2. The van der Waals surface area contributed by atoms with Crippen LogP contribution in [0.3, 0.4) is 0 Å². The number of aryl methyl sites for hydroxylation is 3. The minimum Gasteiger partial charge on any atom is -0.355 e. The molecule has 0 aromatic heterocycles. The van der Waals surface area contributed by atoms with Gasteiger partial charge in [0.05, 0.1) is 10.9 Å². The van der Waals surface area contributed by atoms with Gasteiger partial charge in [-0.2, -0.15) is 4.72 Å². The zero-order valence-corrected chi connectivity index (χ0v) is 14.8.